The molecule has 0 saturated carbocycles. The Balaban J connectivity index is 0.000000149. The van der Waals surface area contributed by atoms with Crippen LogP contribution in [0, 0.1) is 13.8 Å². The summed E-state index contributed by atoms with van der Waals surface area (Å²) in [7, 11) is 0. The minimum atomic E-state index is 0.267. The van der Waals surface area contributed by atoms with E-state index < -0.39 is 0 Å². The maximum absolute atomic E-state index is 6.08. The molecule has 0 fully saturated rings. The molecular weight excluding hydrogens is 853 g/mol. The Morgan fingerprint density at radius 2 is 0.985 bits per heavy atom. The van der Waals surface area contributed by atoms with Crippen molar-refractivity contribution in [3.63, 3.8) is 0 Å². The van der Waals surface area contributed by atoms with Gasteiger partial charge in [-0.3, -0.25) is 0 Å². The van der Waals surface area contributed by atoms with Gasteiger partial charge in [0.25, 0.3) is 0 Å². The standard InChI is InChI=1S/2C26H25N7O/c2*1-17-28-16-33(32-17)22-12-9-19-15-23(22)34-14-6-5-13-27-25-21-11-10-20(18-7-3-2-4-8-18)24(21)30-26(29-19)31-25/h2*2-9,12,15-16,20H,10-11,13-14H2,1H3,(H2,27,29,30,31)/b6-5+;6-5-. The summed E-state index contributed by atoms with van der Waals surface area (Å²) in [6.07, 6.45) is 15.5. The van der Waals surface area contributed by atoms with Gasteiger partial charge in [-0.25, -0.2) is 29.3 Å². The fraction of sp³-hybridized carbons (Fsp3) is 0.231. The molecule has 0 saturated heterocycles. The first-order valence-corrected chi connectivity index (χ1v) is 23.0. The average molecular weight is 903 g/mol. The Hall–Kier alpha value is -8.40. The zero-order valence-electron chi connectivity index (χ0n) is 37.8. The average Bonchev–Trinajstić information content (AvgIpc) is 4.19. The lowest BCUT2D eigenvalue weighted by atomic mass is 9.97. The maximum atomic E-state index is 6.08. The van der Waals surface area contributed by atoms with Crippen molar-refractivity contribution in [3.8, 4) is 22.9 Å². The van der Waals surface area contributed by atoms with E-state index in [0.29, 0.717) is 61.3 Å². The molecule has 8 bridgehead atoms. The van der Waals surface area contributed by atoms with Crippen LogP contribution in [0.3, 0.4) is 0 Å². The van der Waals surface area contributed by atoms with Crippen molar-refractivity contribution in [2.24, 2.45) is 0 Å². The van der Waals surface area contributed by atoms with Gasteiger partial charge in [0.2, 0.25) is 11.9 Å². The van der Waals surface area contributed by atoms with E-state index in [9.17, 15) is 0 Å². The third-order valence-electron chi connectivity index (χ3n) is 12.4. The van der Waals surface area contributed by atoms with Crippen molar-refractivity contribution >= 4 is 34.9 Å². The van der Waals surface area contributed by atoms with Crippen LogP contribution in [0.5, 0.6) is 11.5 Å². The summed E-state index contributed by atoms with van der Waals surface area (Å²) in [5.74, 6) is 6.29. The number of fused-ring (bicyclic) bond motifs is 12. The van der Waals surface area contributed by atoms with Crippen molar-refractivity contribution in [1.82, 2.24) is 49.5 Å². The number of nitrogens with zero attached hydrogens (tertiary/aromatic N) is 10. The van der Waals surface area contributed by atoms with Crippen molar-refractivity contribution < 1.29 is 9.47 Å². The first-order chi connectivity index (χ1) is 33.5. The molecule has 8 aromatic rings. The van der Waals surface area contributed by atoms with Gasteiger partial charge in [-0.05, 0) is 87.1 Å². The summed E-state index contributed by atoms with van der Waals surface area (Å²) in [5.41, 5.74) is 10.5. The first kappa shape index (κ1) is 42.2. The smallest absolute Gasteiger partial charge is 0.229 e. The molecule has 2 aliphatic carbocycles. The summed E-state index contributed by atoms with van der Waals surface area (Å²) in [5, 5.41) is 22.6. The lowest BCUT2D eigenvalue weighted by Gasteiger charge is -2.16. The molecule has 4 aliphatic rings. The van der Waals surface area contributed by atoms with Crippen LogP contribution in [0.2, 0.25) is 0 Å². The molecule has 6 heterocycles. The number of nitrogens with one attached hydrogen (secondary N) is 4. The zero-order chi connectivity index (χ0) is 45.8. The third-order valence-corrected chi connectivity index (χ3v) is 12.4. The summed E-state index contributed by atoms with van der Waals surface area (Å²) < 4.78 is 15.6. The largest absolute Gasteiger partial charge is 0.487 e. The lowest BCUT2D eigenvalue weighted by molar-refractivity contribution is 0.360. The molecule has 12 rings (SSSR count). The van der Waals surface area contributed by atoms with Gasteiger partial charge in [-0.2, -0.15) is 20.2 Å². The molecule has 2 unspecified atom stereocenters. The minimum absolute atomic E-state index is 0.267. The Morgan fingerprint density at radius 1 is 0.529 bits per heavy atom. The number of benzene rings is 4. The quantitative estimate of drug-likeness (QED) is 0.123. The number of aryl methyl sites for hydroxylation is 2. The molecule has 0 amide bonds. The van der Waals surface area contributed by atoms with Crippen molar-refractivity contribution in [1.29, 1.82) is 0 Å². The number of hydrogen-bond donors (Lipinski definition) is 4. The van der Waals surface area contributed by atoms with Crippen molar-refractivity contribution in [2.45, 2.75) is 51.4 Å². The molecule has 4 N–H and O–H groups in total. The highest BCUT2D eigenvalue weighted by molar-refractivity contribution is 5.66. The van der Waals surface area contributed by atoms with E-state index in [-0.39, 0.29) is 11.8 Å². The summed E-state index contributed by atoms with van der Waals surface area (Å²) in [4.78, 5) is 28.1. The Labute approximate surface area is 393 Å². The van der Waals surface area contributed by atoms with Crippen LogP contribution in [0.25, 0.3) is 11.4 Å². The molecule has 340 valence electrons. The number of hydrogen-bond acceptors (Lipinski definition) is 14. The van der Waals surface area contributed by atoms with Crippen LogP contribution in [0.4, 0.5) is 34.9 Å². The summed E-state index contributed by atoms with van der Waals surface area (Å²) >= 11 is 0. The molecule has 0 radical (unpaired) electrons. The van der Waals surface area contributed by atoms with Gasteiger partial charge >= 0.3 is 0 Å². The van der Waals surface area contributed by atoms with Crippen LogP contribution in [-0.4, -0.2) is 75.8 Å². The van der Waals surface area contributed by atoms with E-state index in [1.54, 1.807) is 22.0 Å². The van der Waals surface area contributed by atoms with Gasteiger partial charge in [0.15, 0.2) is 0 Å². The SMILES string of the molecule is Cc1ncn(-c2ccc3cc2OC/C=C/CNc2nc(nc4c2CCC4c2ccccc2)N3)n1.Cc1ncn(-c2ccc3cc2OC/C=C\CNc2nc(nc4c2CCC4c2ccccc2)N3)n1. The van der Waals surface area contributed by atoms with Crippen LogP contribution in [0.1, 0.15) is 70.0 Å². The van der Waals surface area contributed by atoms with Crippen LogP contribution < -0.4 is 30.7 Å². The van der Waals surface area contributed by atoms with Gasteiger partial charge in [-0.15, -0.1) is 0 Å². The molecule has 2 atom stereocenters. The summed E-state index contributed by atoms with van der Waals surface area (Å²) in [6, 6.07) is 33.0. The van der Waals surface area contributed by atoms with E-state index >= 15 is 0 Å². The van der Waals surface area contributed by atoms with Gasteiger partial charge in [0.1, 0.15) is 72.0 Å². The van der Waals surface area contributed by atoms with Crippen LogP contribution >= 0.6 is 0 Å². The molecule has 16 nitrogen and oxygen atoms in total. The normalized spacial score (nSPS) is 17.7. The number of rotatable bonds is 4. The molecular formula is C52H50N14O2. The fourth-order valence-electron chi connectivity index (χ4n) is 9.21. The molecule has 68 heavy (non-hydrogen) atoms. The first-order valence-electron chi connectivity index (χ1n) is 23.0. The van der Waals surface area contributed by atoms with Gasteiger partial charge < -0.3 is 30.7 Å². The Bertz CT molecular complexity index is 2940. The molecule has 4 aromatic carbocycles. The Morgan fingerprint density at radius 3 is 1.41 bits per heavy atom. The van der Waals surface area contributed by atoms with Crippen molar-refractivity contribution in [2.75, 3.05) is 47.6 Å². The van der Waals surface area contributed by atoms with Gasteiger partial charge in [-0.1, -0.05) is 72.8 Å². The summed E-state index contributed by atoms with van der Waals surface area (Å²) in [6.45, 7) is 5.95. The second-order valence-corrected chi connectivity index (χ2v) is 16.9. The molecule has 4 aromatic heterocycles. The topological polar surface area (TPSA) is 180 Å². The second-order valence-electron chi connectivity index (χ2n) is 16.9. The maximum Gasteiger partial charge on any atom is 0.229 e. The minimum Gasteiger partial charge on any atom is -0.487 e. The highest BCUT2D eigenvalue weighted by atomic mass is 16.5. The molecule has 2 aliphatic heterocycles. The van der Waals surface area contributed by atoms with Crippen LogP contribution in [-0.2, 0) is 12.8 Å². The van der Waals surface area contributed by atoms with E-state index in [4.69, 9.17) is 29.4 Å². The molecule has 0 spiro atoms. The monoisotopic (exact) mass is 902 g/mol. The highest BCUT2D eigenvalue weighted by Gasteiger charge is 2.31. The number of anilines is 6. The highest BCUT2D eigenvalue weighted by Crippen LogP contribution is 2.42. The zero-order valence-corrected chi connectivity index (χ0v) is 37.8. The number of ether oxygens (including phenoxy) is 2. The number of aromatic nitrogens is 10. The van der Waals surface area contributed by atoms with Crippen molar-refractivity contribution in [3.05, 3.63) is 179 Å². The lowest BCUT2D eigenvalue weighted by Crippen LogP contribution is -2.10. The van der Waals surface area contributed by atoms with E-state index in [2.05, 4.69) is 114 Å². The fourth-order valence-corrected chi connectivity index (χ4v) is 9.21. The third kappa shape index (κ3) is 8.95. The Kier molecular flexibility index (Phi) is 11.7. The predicted molar refractivity (Wildman–Crippen MR) is 262 cm³/mol. The predicted octanol–water partition coefficient (Wildman–Crippen LogP) is 9.10. The van der Waals surface area contributed by atoms with E-state index in [0.717, 1.165) is 71.5 Å². The van der Waals surface area contributed by atoms with E-state index in [1.807, 2.05) is 62.4 Å². The van der Waals surface area contributed by atoms with Crippen LogP contribution in [0.15, 0.2) is 134 Å². The molecule has 16 heteroatoms. The van der Waals surface area contributed by atoms with E-state index in [1.165, 1.54) is 22.3 Å². The van der Waals surface area contributed by atoms with Gasteiger partial charge in [0, 0.05) is 59.6 Å². The second kappa shape index (κ2) is 18.8. The van der Waals surface area contributed by atoms with Gasteiger partial charge in [0.05, 0.1) is 11.4 Å².